The molecule has 0 aromatic heterocycles. The number of rotatable bonds is 3. The Morgan fingerprint density at radius 1 is 1.06 bits per heavy atom. The first-order valence-corrected chi connectivity index (χ1v) is 6.88. The first kappa shape index (κ1) is 13.2. The summed E-state index contributed by atoms with van der Waals surface area (Å²) in [6, 6.07) is 15.0. The molecule has 0 radical (unpaired) electrons. The second-order valence-corrected chi connectivity index (χ2v) is 5.36. The maximum Gasteiger partial charge on any atom is 0.0487 e. The van der Waals surface area contributed by atoms with E-state index in [-0.39, 0.29) is 0 Å². The van der Waals surface area contributed by atoms with Crippen molar-refractivity contribution < 1.29 is 0 Å². The average molecular weight is 259 g/mol. The Kier molecular flexibility index (Phi) is 4.08. The molecular weight excluding hydrogens is 240 g/mol. The van der Waals surface area contributed by atoms with Gasteiger partial charge in [-0.3, -0.25) is 0 Å². The van der Waals surface area contributed by atoms with Gasteiger partial charge in [0.25, 0.3) is 0 Å². The molecule has 0 unspecified atom stereocenters. The molecule has 0 N–H and O–H groups in total. The van der Waals surface area contributed by atoms with E-state index in [0.29, 0.717) is 5.92 Å². The highest BCUT2D eigenvalue weighted by atomic mass is 35.5. The second-order valence-electron chi connectivity index (χ2n) is 4.95. The van der Waals surface area contributed by atoms with Gasteiger partial charge in [0.2, 0.25) is 0 Å². The molecule has 0 aliphatic heterocycles. The molecule has 0 heterocycles. The second kappa shape index (κ2) is 5.58. The first-order valence-electron chi connectivity index (χ1n) is 6.50. The van der Waals surface area contributed by atoms with Crippen LogP contribution in [0.1, 0.15) is 37.8 Å². The predicted octanol–water partition coefficient (Wildman–Crippen LogP) is 5.69. The SMILES string of the molecule is CCc1ccc(-c2cccc(C(C)C)c2)c(Cl)c1. The van der Waals surface area contributed by atoms with Crippen molar-refractivity contribution in [3.05, 3.63) is 58.6 Å². The van der Waals surface area contributed by atoms with Crippen molar-refractivity contribution >= 4 is 11.6 Å². The quantitative estimate of drug-likeness (QED) is 0.663. The lowest BCUT2D eigenvalue weighted by Gasteiger charge is -2.10. The van der Waals surface area contributed by atoms with E-state index in [9.17, 15) is 0 Å². The number of benzene rings is 2. The molecule has 0 aliphatic rings. The van der Waals surface area contributed by atoms with Gasteiger partial charge in [0.1, 0.15) is 0 Å². The van der Waals surface area contributed by atoms with Crippen LogP contribution >= 0.6 is 11.6 Å². The van der Waals surface area contributed by atoms with E-state index in [4.69, 9.17) is 11.6 Å². The molecule has 1 heteroatoms. The first-order chi connectivity index (χ1) is 8.61. The van der Waals surface area contributed by atoms with Gasteiger partial charge in [0, 0.05) is 10.6 Å². The zero-order chi connectivity index (χ0) is 13.1. The Morgan fingerprint density at radius 3 is 2.44 bits per heavy atom. The van der Waals surface area contributed by atoms with Crippen molar-refractivity contribution in [3.63, 3.8) is 0 Å². The van der Waals surface area contributed by atoms with Crippen molar-refractivity contribution in [2.24, 2.45) is 0 Å². The smallest absolute Gasteiger partial charge is 0.0487 e. The van der Waals surface area contributed by atoms with Crippen LogP contribution in [-0.4, -0.2) is 0 Å². The fourth-order valence-corrected chi connectivity index (χ4v) is 2.39. The average Bonchev–Trinajstić information content (AvgIpc) is 2.38. The maximum absolute atomic E-state index is 6.37. The highest BCUT2D eigenvalue weighted by Crippen LogP contribution is 2.30. The van der Waals surface area contributed by atoms with Gasteiger partial charge in [0.05, 0.1) is 0 Å². The maximum atomic E-state index is 6.37. The van der Waals surface area contributed by atoms with Gasteiger partial charge < -0.3 is 0 Å². The summed E-state index contributed by atoms with van der Waals surface area (Å²) in [5, 5.41) is 0.843. The van der Waals surface area contributed by atoms with Crippen LogP contribution in [0.25, 0.3) is 11.1 Å². The Bertz CT molecular complexity index is 541. The lowest BCUT2D eigenvalue weighted by molar-refractivity contribution is 0.867. The highest BCUT2D eigenvalue weighted by molar-refractivity contribution is 6.33. The molecular formula is C17H19Cl. The monoisotopic (exact) mass is 258 g/mol. The number of halogens is 1. The zero-order valence-corrected chi connectivity index (χ0v) is 12.0. The standard InChI is InChI=1S/C17H19Cl/c1-4-13-8-9-16(17(18)10-13)15-7-5-6-14(11-15)12(2)3/h5-12H,4H2,1-3H3. The third-order valence-electron chi connectivity index (χ3n) is 3.31. The van der Waals surface area contributed by atoms with Crippen LogP contribution in [0.5, 0.6) is 0 Å². The van der Waals surface area contributed by atoms with Gasteiger partial charge in [0.15, 0.2) is 0 Å². The van der Waals surface area contributed by atoms with Crippen molar-refractivity contribution in [2.45, 2.75) is 33.1 Å². The lowest BCUT2D eigenvalue weighted by Crippen LogP contribution is -1.89. The summed E-state index contributed by atoms with van der Waals surface area (Å²) in [5.74, 6) is 0.540. The van der Waals surface area contributed by atoms with Gasteiger partial charge >= 0.3 is 0 Å². The summed E-state index contributed by atoms with van der Waals surface area (Å²) in [6.45, 7) is 6.56. The number of hydrogen-bond donors (Lipinski definition) is 0. The van der Waals surface area contributed by atoms with E-state index in [2.05, 4.69) is 63.2 Å². The third-order valence-corrected chi connectivity index (χ3v) is 3.62. The van der Waals surface area contributed by atoms with Gasteiger partial charge in [-0.1, -0.05) is 68.8 Å². The fraction of sp³-hybridized carbons (Fsp3) is 0.294. The van der Waals surface area contributed by atoms with Crippen LogP contribution in [0, 0.1) is 0 Å². The fourth-order valence-electron chi connectivity index (χ4n) is 2.08. The van der Waals surface area contributed by atoms with Crippen molar-refractivity contribution in [3.8, 4) is 11.1 Å². The molecule has 2 rings (SSSR count). The van der Waals surface area contributed by atoms with Crippen molar-refractivity contribution in [1.82, 2.24) is 0 Å². The molecule has 0 aliphatic carbocycles. The van der Waals surface area contributed by atoms with Gasteiger partial charge in [-0.2, -0.15) is 0 Å². The van der Waals surface area contributed by atoms with E-state index in [1.54, 1.807) is 0 Å². The molecule has 0 fully saturated rings. The van der Waals surface area contributed by atoms with Crippen molar-refractivity contribution in [2.75, 3.05) is 0 Å². The summed E-state index contributed by atoms with van der Waals surface area (Å²) in [7, 11) is 0. The Balaban J connectivity index is 2.45. The topological polar surface area (TPSA) is 0 Å². The molecule has 0 saturated carbocycles. The van der Waals surface area contributed by atoms with Gasteiger partial charge in [-0.15, -0.1) is 0 Å². The largest absolute Gasteiger partial charge is 0.0837 e. The molecule has 2 aromatic carbocycles. The van der Waals surface area contributed by atoms with E-state index < -0.39 is 0 Å². The molecule has 94 valence electrons. The molecule has 18 heavy (non-hydrogen) atoms. The normalized spacial score (nSPS) is 10.9. The van der Waals surface area contributed by atoms with Gasteiger partial charge in [-0.25, -0.2) is 0 Å². The molecule has 0 bridgehead atoms. The number of hydrogen-bond acceptors (Lipinski definition) is 0. The summed E-state index contributed by atoms with van der Waals surface area (Å²) >= 11 is 6.37. The third kappa shape index (κ3) is 2.76. The Morgan fingerprint density at radius 2 is 1.83 bits per heavy atom. The summed E-state index contributed by atoms with van der Waals surface area (Å²) in [4.78, 5) is 0. The Hall–Kier alpha value is -1.27. The number of aryl methyl sites for hydroxylation is 1. The van der Waals surface area contributed by atoms with Crippen LogP contribution in [0.2, 0.25) is 5.02 Å². The molecule has 0 amide bonds. The van der Waals surface area contributed by atoms with Crippen LogP contribution in [0.15, 0.2) is 42.5 Å². The highest BCUT2D eigenvalue weighted by Gasteiger charge is 2.06. The van der Waals surface area contributed by atoms with Crippen LogP contribution in [-0.2, 0) is 6.42 Å². The minimum Gasteiger partial charge on any atom is -0.0837 e. The van der Waals surface area contributed by atoms with E-state index >= 15 is 0 Å². The summed E-state index contributed by atoms with van der Waals surface area (Å²) in [6.07, 6.45) is 1.02. The van der Waals surface area contributed by atoms with Gasteiger partial charge in [-0.05, 0) is 35.1 Å². The van der Waals surface area contributed by atoms with Crippen molar-refractivity contribution in [1.29, 1.82) is 0 Å². The zero-order valence-electron chi connectivity index (χ0n) is 11.2. The lowest BCUT2D eigenvalue weighted by atomic mass is 9.97. The van der Waals surface area contributed by atoms with E-state index in [1.807, 2.05) is 0 Å². The van der Waals surface area contributed by atoms with Crippen LogP contribution in [0.3, 0.4) is 0 Å². The van der Waals surface area contributed by atoms with Crippen LogP contribution < -0.4 is 0 Å². The predicted molar refractivity (Wildman–Crippen MR) is 80.4 cm³/mol. The molecule has 0 spiro atoms. The molecule has 0 atom stereocenters. The minimum absolute atomic E-state index is 0.540. The summed E-state index contributed by atoms with van der Waals surface area (Å²) in [5.41, 5.74) is 4.96. The Labute approximate surface area is 115 Å². The molecule has 2 aromatic rings. The van der Waals surface area contributed by atoms with E-state index in [0.717, 1.165) is 17.0 Å². The van der Waals surface area contributed by atoms with Crippen LogP contribution in [0.4, 0.5) is 0 Å². The van der Waals surface area contributed by atoms with E-state index in [1.165, 1.54) is 16.7 Å². The summed E-state index contributed by atoms with van der Waals surface area (Å²) < 4.78 is 0. The molecule has 0 nitrogen and oxygen atoms in total. The molecule has 0 saturated heterocycles. The minimum atomic E-state index is 0.540.